The standard InChI is InChI=1S/C10H10ClNO3.ClH/c11-5-3-6-8(12)1-2-15-9(6)7(4-5)10(13)14;/h3-4,8H,1-2,12H2,(H,13,14);1H. The van der Waals surface area contributed by atoms with Crippen LogP contribution >= 0.6 is 24.0 Å². The zero-order valence-corrected chi connectivity index (χ0v) is 9.85. The molecule has 1 unspecified atom stereocenters. The average Bonchev–Trinajstić information content (AvgIpc) is 2.18. The molecule has 2 rings (SSSR count). The Labute approximate surface area is 104 Å². The molecule has 0 bridgehead atoms. The summed E-state index contributed by atoms with van der Waals surface area (Å²) in [4.78, 5) is 11.0. The maximum absolute atomic E-state index is 11.0. The molecule has 88 valence electrons. The van der Waals surface area contributed by atoms with E-state index in [2.05, 4.69) is 0 Å². The van der Waals surface area contributed by atoms with Gasteiger partial charge in [0.1, 0.15) is 11.3 Å². The SMILES string of the molecule is Cl.NC1CCOc2c(C(=O)O)cc(Cl)cc21. The maximum atomic E-state index is 11.0. The van der Waals surface area contributed by atoms with Crippen molar-refractivity contribution in [2.24, 2.45) is 5.73 Å². The van der Waals surface area contributed by atoms with Crippen LogP contribution in [0.25, 0.3) is 0 Å². The number of nitrogens with two attached hydrogens (primary N) is 1. The molecule has 1 aliphatic rings. The quantitative estimate of drug-likeness (QED) is 0.815. The molecule has 0 radical (unpaired) electrons. The van der Waals surface area contributed by atoms with E-state index in [9.17, 15) is 4.79 Å². The highest BCUT2D eigenvalue weighted by atomic mass is 35.5. The minimum atomic E-state index is -1.05. The summed E-state index contributed by atoms with van der Waals surface area (Å²) in [5.74, 6) is -0.700. The topological polar surface area (TPSA) is 72.5 Å². The first kappa shape index (κ1) is 13.1. The van der Waals surface area contributed by atoms with Crippen molar-refractivity contribution in [2.45, 2.75) is 12.5 Å². The highest BCUT2D eigenvalue weighted by molar-refractivity contribution is 6.31. The van der Waals surface area contributed by atoms with Crippen LogP contribution in [0.3, 0.4) is 0 Å². The van der Waals surface area contributed by atoms with E-state index in [4.69, 9.17) is 27.2 Å². The molecular formula is C10H11Cl2NO3. The van der Waals surface area contributed by atoms with Crippen molar-refractivity contribution in [1.29, 1.82) is 0 Å². The fourth-order valence-electron chi connectivity index (χ4n) is 1.65. The second-order valence-corrected chi connectivity index (χ2v) is 3.86. The smallest absolute Gasteiger partial charge is 0.339 e. The fraction of sp³-hybridized carbons (Fsp3) is 0.300. The number of carbonyl (C=O) groups is 1. The van der Waals surface area contributed by atoms with Crippen molar-refractivity contribution in [3.63, 3.8) is 0 Å². The molecule has 0 fully saturated rings. The van der Waals surface area contributed by atoms with Crippen LogP contribution < -0.4 is 10.5 Å². The molecule has 1 heterocycles. The Bertz CT molecular complexity index is 423. The van der Waals surface area contributed by atoms with Gasteiger partial charge in [0.2, 0.25) is 0 Å². The van der Waals surface area contributed by atoms with Gasteiger partial charge in [-0.2, -0.15) is 0 Å². The van der Waals surface area contributed by atoms with Gasteiger partial charge in [-0.15, -0.1) is 12.4 Å². The first-order chi connectivity index (χ1) is 7.09. The first-order valence-electron chi connectivity index (χ1n) is 4.54. The number of hydrogen-bond acceptors (Lipinski definition) is 3. The van der Waals surface area contributed by atoms with Crippen LogP contribution in [0.4, 0.5) is 0 Å². The van der Waals surface area contributed by atoms with Crippen LogP contribution in [-0.2, 0) is 0 Å². The molecule has 0 saturated carbocycles. The van der Waals surface area contributed by atoms with Gasteiger partial charge in [0.15, 0.2) is 0 Å². The molecule has 0 aromatic heterocycles. The maximum Gasteiger partial charge on any atom is 0.339 e. The molecule has 16 heavy (non-hydrogen) atoms. The van der Waals surface area contributed by atoms with Crippen LogP contribution in [0, 0.1) is 0 Å². The molecule has 0 spiro atoms. The first-order valence-corrected chi connectivity index (χ1v) is 4.92. The third-order valence-electron chi connectivity index (χ3n) is 2.39. The third-order valence-corrected chi connectivity index (χ3v) is 2.61. The number of benzene rings is 1. The van der Waals surface area contributed by atoms with Gasteiger partial charge in [0.05, 0.1) is 6.61 Å². The lowest BCUT2D eigenvalue weighted by molar-refractivity contribution is 0.0691. The molecule has 3 N–H and O–H groups in total. The van der Waals surface area contributed by atoms with Gasteiger partial charge in [-0.1, -0.05) is 11.6 Å². The number of hydrogen-bond donors (Lipinski definition) is 2. The Morgan fingerprint density at radius 3 is 2.88 bits per heavy atom. The summed E-state index contributed by atoms with van der Waals surface area (Å²) in [6, 6.07) is 2.83. The lowest BCUT2D eigenvalue weighted by atomic mass is 9.98. The van der Waals surface area contributed by atoms with Crippen molar-refractivity contribution >= 4 is 30.0 Å². The van der Waals surface area contributed by atoms with Crippen molar-refractivity contribution < 1.29 is 14.6 Å². The zero-order valence-electron chi connectivity index (χ0n) is 8.27. The molecule has 4 nitrogen and oxygen atoms in total. The van der Waals surface area contributed by atoms with Crippen molar-refractivity contribution in [1.82, 2.24) is 0 Å². The number of halogens is 2. The Balaban J connectivity index is 0.00000128. The number of fused-ring (bicyclic) bond motifs is 1. The molecule has 0 saturated heterocycles. The molecular weight excluding hydrogens is 253 g/mol. The van der Waals surface area contributed by atoms with Gasteiger partial charge in [-0.3, -0.25) is 0 Å². The van der Waals surface area contributed by atoms with Gasteiger partial charge in [-0.25, -0.2) is 4.79 Å². The summed E-state index contributed by atoms with van der Waals surface area (Å²) >= 11 is 5.82. The predicted molar refractivity (Wildman–Crippen MR) is 62.7 cm³/mol. The summed E-state index contributed by atoms with van der Waals surface area (Å²) in [6.07, 6.45) is 0.673. The van der Waals surface area contributed by atoms with Gasteiger partial charge in [-0.05, 0) is 12.1 Å². The molecule has 1 aromatic rings. The van der Waals surface area contributed by atoms with Gasteiger partial charge >= 0.3 is 5.97 Å². The molecule has 6 heteroatoms. The largest absolute Gasteiger partial charge is 0.492 e. The van der Waals surface area contributed by atoms with E-state index >= 15 is 0 Å². The molecule has 1 atom stereocenters. The van der Waals surface area contributed by atoms with Crippen LogP contribution in [0.5, 0.6) is 5.75 Å². The highest BCUT2D eigenvalue weighted by Gasteiger charge is 2.24. The van der Waals surface area contributed by atoms with Gasteiger partial charge < -0.3 is 15.6 Å². The predicted octanol–water partition coefficient (Wildman–Crippen LogP) is 2.24. The third kappa shape index (κ3) is 2.24. The van der Waals surface area contributed by atoms with Crippen molar-refractivity contribution in [3.05, 3.63) is 28.3 Å². The Morgan fingerprint density at radius 1 is 1.56 bits per heavy atom. The molecule has 0 amide bonds. The molecule has 0 aliphatic carbocycles. The number of ether oxygens (including phenoxy) is 1. The lowest BCUT2D eigenvalue weighted by Crippen LogP contribution is -2.22. The second-order valence-electron chi connectivity index (χ2n) is 3.42. The minimum absolute atomic E-state index is 0. The number of rotatable bonds is 1. The van der Waals surface area contributed by atoms with E-state index in [0.717, 1.165) is 0 Å². The van der Waals surface area contributed by atoms with Crippen LogP contribution in [0.2, 0.25) is 5.02 Å². The second kappa shape index (κ2) is 4.91. The summed E-state index contributed by atoms with van der Waals surface area (Å²) in [6.45, 7) is 0.441. The van der Waals surface area contributed by atoms with Crippen LogP contribution in [0.15, 0.2) is 12.1 Å². The number of carboxylic acid groups (broad SMARTS) is 1. The normalized spacial score (nSPS) is 18.0. The summed E-state index contributed by atoms with van der Waals surface area (Å²) in [7, 11) is 0. The Hall–Kier alpha value is -0.970. The summed E-state index contributed by atoms with van der Waals surface area (Å²) in [5.41, 5.74) is 6.60. The van der Waals surface area contributed by atoms with Gasteiger partial charge in [0.25, 0.3) is 0 Å². The zero-order chi connectivity index (χ0) is 11.0. The van der Waals surface area contributed by atoms with Crippen molar-refractivity contribution in [3.8, 4) is 5.75 Å². The van der Waals surface area contributed by atoms with Crippen LogP contribution in [-0.4, -0.2) is 17.7 Å². The highest BCUT2D eigenvalue weighted by Crippen LogP contribution is 2.36. The van der Waals surface area contributed by atoms with E-state index in [0.29, 0.717) is 29.4 Å². The lowest BCUT2D eigenvalue weighted by Gasteiger charge is -2.24. The Kier molecular flexibility index (Phi) is 4.02. The van der Waals surface area contributed by atoms with Crippen LogP contribution in [0.1, 0.15) is 28.4 Å². The van der Waals surface area contributed by atoms with E-state index in [1.165, 1.54) is 6.07 Å². The van der Waals surface area contributed by atoms with E-state index < -0.39 is 5.97 Å². The fourth-order valence-corrected chi connectivity index (χ4v) is 1.88. The molecule has 1 aliphatic heterocycles. The van der Waals surface area contributed by atoms with E-state index in [1.54, 1.807) is 6.07 Å². The Morgan fingerprint density at radius 2 is 2.25 bits per heavy atom. The molecule has 1 aromatic carbocycles. The number of aromatic carboxylic acids is 1. The number of carboxylic acids is 1. The summed E-state index contributed by atoms with van der Waals surface area (Å²) in [5, 5.41) is 9.34. The summed E-state index contributed by atoms with van der Waals surface area (Å²) < 4.78 is 5.32. The van der Waals surface area contributed by atoms with E-state index in [1.807, 2.05) is 0 Å². The minimum Gasteiger partial charge on any atom is -0.492 e. The average molecular weight is 264 g/mol. The van der Waals surface area contributed by atoms with Gasteiger partial charge in [0, 0.05) is 23.0 Å². The monoisotopic (exact) mass is 263 g/mol. The van der Waals surface area contributed by atoms with Crippen molar-refractivity contribution in [2.75, 3.05) is 6.61 Å². The van der Waals surface area contributed by atoms with E-state index in [-0.39, 0.29) is 24.0 Å².